The molecule has 2 atom stereocenters. The molecule has 0 saturated carbocycles. The predicted molar refractivity (Wildman–Crippen MR) is 70.4 cm³/mol. The molecule has 100 valence electrons. The van der Waals surface area contributed by atoms with Crippen LogP contribution in [0, 0.1) is 0 Å². The molecule has 1 N–H and O–H groups in total. The van der Waals surface area contributed by atoms with Crippen molar-refractivity contribution < 1.29 is 14.3 Å². The van der Waals surface area contributed by atoms with Crippen LogP contribution in [0.3, 0.4) is 0 Å². The highest BCUT2D eigenvalue weighted by Crippen LogP contribution is 2.21. The minimum Gasteiger partial charge on any atom is -0.465 e. The highest BCUT2D eigenvalue weighted by atomic mass is 32.2. The number of carbonyl (C=O) groups excluding carboxylic acids is 1. The van der Waals surface area contributed by atoms with Crippen LogP contribution in [0.2, 0.25) is 0 Å². The maximum absolute atomic E-state index is 11.8. The van der Waals surface area contributed by atoms with Gasteiger partial charge in [0.15, 0.2) is 0 Å². The normalized spacial score (nSPS) is 23.4. The van der Waals surface area contributed by atoms with Crippen molar-refractivity contribution in [3.63, 3.8) is 0 Å². The molecule has 0 aliphatic carbocycles. The minimum absolute atomic E-state index is 0.178. The molecule has 1 saturated heterocycles. The molecule has 1 aliphatic rings. The number of esters is 1. The van der Waals surface area contributed by atoms with Gasteiger partial charge >= 0.3 is 5.97 Å². The third-order valence-electron chi connectivity index (χ3n) is 3.00. The number of thioether (sulfide) groups is 1. The molecular formula is C12H23NO3S. The Morgan fingerprint density at radius 3 is 2.94 bits per heavy atom. The zero-order valence-corrected chi connectivity index (χ0v) is 11.8. The molecule has 4 nitrogen and oxygen atoms in total. The smallest absolute Gasteiger partial charge is 0.326 e. The summed E-state index contributed by atoms with van der Waals surface area (Å²) < 4.78 is 10.6. The third-order valence-corrected chi connectivity index (χ3v) is 4.39. The Morgan fingerprint density at radius 2 is 2.41 bits per heavy atom. The number of ether oxygens (including phenoxy) is 2. The molecule has 1 heterocycles. The van der Waals surface area contributed by atoms with Gasteiger partial charge in [-0.25, -0.2) is 0 Å². The summed E-state index contributed by atoms with van der Waals surface area (Å²) in [6.07, 6.45) is 2.66. The van der Waals surface area contributed by atoms with E-state index in [9.17, 15) is 4.79 Å². The molecule has 1 aliphatic heterocycles. The SMILES string of the molecule is CCOC(=O)C(C)(CSCC1CCCO1)NC. The van der Waals surface area contributed by atoms with Gasteiger partial charge in [0.25, 0.3) is 0 Å². The van der Waals surface area contributed by atoms with Gasteiger partial charge in [0.05, 0.1) is 12.7 Å². The van der Waals surface area contributed by atoms with Crippen LogP contribution in [0.4, 0.5) is 0 Å². The summed E-state index contributed by atoms with van der Waals surface area (Å²) in [5, 5.41) is 3.05. The van der Waals surface area contributed by atoms with Gasteiger partial charge in [-0.2, -0.15) is 11.8 Å². The first-order valence-corrected chi connectivity index (χ1v) is 7.33. The summed E-state index contributed by atoms with van der Waals surface area (Å²) in [6, 6.07) is 0. The zero-order chi connectivity index (χ0) is 12.7. The van der Waals surface area contributed by atoms with Crippen molar-refractivity contribution >= 4 is 17.7 Å². The van der Waals surface area contributed by atoms with E-state index in [0.29, 0.717) is 18.5 Å². The molecule has 2 unspecified atom stereocenters. The van der Waals surface area contributed by atoms with Crippen LogP contribution in [0.15, 0.2) is 0 Å². The summed E-state index contributed by atoms with van der Waals surface area (Å²) in [6.45, 7) is 5.01. The Labute approximate surface area is 108 Å². The average Bonchev–Trinajstić information content (AvgIpc) is 2.82. The number of hydrogen-bond acceptors (Lipinski definition) is 5. The molecule has 1 fully saturated rings. The molecule has 1 rings (SSSR count). The lowest BCUT2D eigenvalue weighted by molar-refractivity contribution is -0.149. The summed E-state index contributed by atoms with van der Waals surface area (Å²) in [4.78, 5) is 11.8. The van der Waals surface area contributed by atoms with Gasteiger partial charge in [0.1, 0.15) is 5.54 Å². The molecule has 0 spiro atoms. The van der Waals surface area contributed by atoms with Gasteiger partial charge in [-0.15, -0.1) is 0 Å². The van der Waals surface area contributed by atoms with E-state index in [1.54, 1.807) is 18.8 Å². The van der Waals surface area contributed by atoms with Crippen molar-refractivity contribution in [2.75, 3.05) is 31.8 Å². The fourth-order valence-electron chi connectivity index (χ4n) is 1.69. The second-order valence-corrected chi connectivity index (χ2v) is 5.48. The second kappa shape index (κ2) is 7.24. The molecule has 0 amide bonds. The molecule has 0 aromatic carbocycles. The van der Waals surface area contributed by atoms with Crippen molar-refractivity contribution in [2.45, 2.75) is 38.3 Å². The van der Waals surface area contributed by atoms with E-state index in [1.165, 1.54) is 0 Å². The Morgan fingerprint density at radius 1 is 1.65 bits per heavy atom. The second-order valence-electron chi connectivity index (χ2n) is 4.45. The van der Waals surface area contributed by atoms with Gasteiger partial charge in [0.2, 0.25) is 0 Å². The quantitative estimate of drug-likeness (QED) is 0.703. The van der Waals surface area contributed by atoms with Gasteiger partial charge in [0, 0.05) is 18.1 Å². The van der Waals surface area contributed by atoms with Crippen molar-refractivity contribution in [3.05, 3.63) is 0 Å². The molecule has 0 aromatic heterocycles. The van der Waals surface area contributed by atoms with E-state index in [2.05, 4.69) is 5.32 Å². The molecule has 0 aromatic rings. The Kier molecular flexibility index (Phi) is 6.30. The largest absolute Gasteiger partial charge is 0.465 e. The van der Waals surface area contributed by atoms with Gasteiger partial charge in [-0.3, -0.25) is 4.79 Å². The van der Waals surface area contributed by atoms with Crippen molar-refractivity contribution in [2.24, 2.45) is 0 Å². The highest BCUT2D eigenvalue weighted by molar-refractivity contribution is 7.99. The lowest BCUT2D eigenvalue weighted by Crippen LogP contribution is -2.51. The first-order chi connectivity index (χ1) is 8.12. The van der Waals surface area contributed by atoms with Gasteiger partial charge in [-0.05, 0) is 33.7 Å². The van der Waals surface area contributed by atoms with Crippen LogP contribution in [-0.4, -0.2) is 49.4 Å². The van der Waals surface area contributed by atoms with E-state index < -0.39 is 5.54 Å². The number of hydrogen-bond donors (Lipinski definition) is 1. The number of carbonyl (C=O) groups is 1. The van der Waals surface area contributed by atoms with Crippen LogP contribution in [0.5, 0.6) is 0 Å². The van der Waals surface area contributed by atoms with E-state index in [-0.39, 0.29) is 5.97 Å². The standard InChI is InChI=1S/C12H23NO3S/c1-4-15-11(14)12(2,13-3)9-17-8-10-6-5-7-16-10/h10,13H,4-9H2,1-3H3. The lowest BCUT2D eigenvalue weighted by Gasteiger charge is -2.26. The predicted octanol–water partition coefficient (Wildman–Crippen LogP) is 1.44. The van der Waals surface area contributed by atoms with E-state index >= 15 is 0 Å². The summed E-state index contributed by atoms with van der Waals surface area (Å²) in [5.74, 6) is 1.49. The summed E-state index contributed by atoms with van der Waals surface area (Å²) in [5.41, 5.74) is -0.598. The van der Waals surface area contributed by atoms with Crippen LogP contribution in [0.1, 0.15) is 26.7 Å². The summed E-state index contributed by atoms with van der Waals surface area (Å²) >= 11 is 1.75. The van der Waals surface area contributed by atoms with Crippen LogP contribution in [0.25, 0.3) is 0 Å². The number of likely N-dealkylation sites (N-methyl/N-ethyl adjacent to an activating group) is 1. The Balaban J connectivity index is 2.31. The van der Waals surface area contributed by atoms with Crippen molar-refractivity contribution in [1.82, 2.24) is 5.32 Å². The molecule has 0 bridgehead atoms. The highest BCUT2D eigenvalue weighted by Gasteiger charge is 2.33. The Bertz CT molecular complexity index is 244. The fraction of sp³-hybridized carbons (Fsp3) is 0.917. The zero-order valence-electron chi connectivity index (χ0n) is 11.0. The topological polar surface area (TPSA) is 47.6 Å². The number of nitrogens with one attached hydrogen (secondary N) is 1. The lowest BCUT2D eigenvalue weighted by atomic mass is 10.1. The van der Waals surface area contributed by atoms with E-state index in [0.717, 1.165) is 25.2 Å². The van der Waals surface area contributed by atoms with Crippen molar-refractivity contribution in [3.8, 4) is 0 Å². The van der Waals surface area contributed by atoms with Gasteiger partial charge < -0.3 is 14.8 Å². The molecule has 0 radical (unpaired) electrons. The van der Waals surface area contributed by atoms with Crippen LogP contribution in [-0.2, 0) is 14.3 Å². The summed E-state index contributed by atoms with van der Waals surface area (Å²) in [7, 11) is 1.80. The van der Waals surface area contributed by atoms with Crippen molar-refractivity contribution in [1.29, 1.82) is 0 Å². The van der Waals surface area contributed by atoms with E-state index in [4.69, 9.17) is 9.47 Å². The van der Waals surface area contributed by atoms with Gasteiger partial charge in [-0.1, -0.05) is 0 Å². The molecule has 17 heavy (non-hydrogen) atoms. The fourth-order valence-corrected chi connectivity index (χ4v) is 3.01. The monoisotopic (exact) mass is 261 g/mol. The molecular weight excluding hydrogens is 238 g/mol. The molecule has 5 heteroatoms. The first-order valence-electron chi connectivity index (χ1n) is 6.18. The third kappa shape index (κ3) is 4.48. The maximum Gasteiger partial charge on any atom is 0.326 e. The Hall–Kier alpha value is -0.260. The minimum atomic E-state index is -0.598. The maximum atomic E-state index is 11.8. The first kappa shape index (κ1) is 14.8. The van der Waals surface area contributed by atoms with Crippen LogP contribution >= 0.6 is 11.8 Å². The average molecular weight is 261 g/mol. The van der Waals surface area contributed by atoms with E-state index in [1.807, 2.05) is 13.8 Å². The number of rotatable bonds is 7. The van der Waals surface area contributed by atoms with Crippen LogP contribution < -0.4 is 5.32 Å².